The lowest BCUT2D eigenvalue weighted by Crippen LogP contribution is -2.51. The molecule has 20 heavy (non-hydrogen) atoms. The van der Waals surface area contributed by atoms with E-state index in [9.17, 15) is 22.8 Å². The fourth-order valence-electron chi connectivity index (χ4n) is 1.89. The molecule has 8 heteroatoms. The van der Waals surface area contributed by atoms with E-state index in [1.165, 1.54) is 0 Å². The van der Waals surface area contributed by atoms with Crippen LogP contribution in [0.15, 0.2) is 0 Å². The molecular formula is C12H18F3NO4. The molecule has 1 aliphatic heterocycles. The predicted molar refractivity (Wildman–Crippen MR) is 63.2 cm³/mol. The molecule has 0 spiro atoms. The number of alkyl halides is 3. The van der Waals surface area contributed by atoms with E-state index in [4.69, 9.17) is 4.74 Å². The number of carbonyl (C=O) groups is 2. The summed E-state index contributed by atoms with van der Waals surface area (Å²) >= 11 is 0. The number of nitrogens with zero attached hydrogens (tertiary/aromatic N) is 1. The number of carbonyl (C=O) groups excluding carboxylic acids is 2. The van der Waals surface area contributed by atoms with Crippen molar-refractivity contribution in [3.8, 4) is 0 Å². The average Bonchev–Trinajstić information content (AvgIpc) is 2.69. The van der Waals surface area contributed by atoms with Gasteiger partial charge in [-0.15, -0.1) is 0 Å². The largest absolute Gasteiger partial charge is 0.444 e. The Hall–Kier alpha value is -1.31. The van der Waals surface area contributed by atoms with Crippen molar-refractivity contribution in [2.75, 3.05) is 19.7 Å². The van der Waals surface area contributed by atoms with Gasteiger partial charge in [-0.25, -0.2) is 4.79 Å². The lowest BCUT2D eigenvalue weighted by molar-refractivity contribution is -0.268. The molecule has 0 bridgehead atoms. The summed E-state index contributed by atoms with van der Waals surface area (Å²) in [5, 5.41) is 0. The highest BCUT2D eigenvalue weighted by molar-refractivity contribution is 5.68. The van der Waals surface area contributed by atoms with Crippen LogP contribution in [0.2, 0.25) is 0 Å². The van der Waals surface area contributed by atoms with Gasteiger partial charge in [0.1, 0.15) is 18.5 Å². The molecule has 1 atom stereocenters. The average molecular weight is 297 g/mol. The molecule has 1 heterocycles. The van der Waals surface area contributed by atoms with E-state index in [0.717, 1.165) is 4.90 Å². The summed E-state index contributed by atoms with van der Waals surface area (Å²) in [6, 6.07) is 0. The van der Waals surface area contributed by atoms with Crippen molar-refractivity contribution in [2.24, 2.45) is 0 Å². The summed E-state index contributed by atoms with van der Waals surface area (Å²) in [5.41, 5.74) is -3.28. The van der Waals surface area contributed by atoms with Crippen molar-refractivity contribution >= 4 is 12.4 Å². The van der Waals surface area contributed by atoms with Crippen LogP contribution < -0.4 is 0 Å². The maximum Gasteiger partial charge on any atom is 0.419 e. The van der Waals surface area contributed by atoms with Crippen LogP contribution >= 0.6 is 0 Å². The van der Waals surface area contributed by atoms with Gasteiger partial charge in [0.05, 0.1) is 6.54 Å². The molecule has 1 unspecified atom stereocenters. The Balaban J connectivity index is 2.79. The van der Waals surface area contributed by atoms with Crippen LogP contribution in [0, 0.1) is 0 Å². The molecule has 0 radical (unpaired) electrons. The fourth-order valence-corrected chi connectivity index (χ4v) is 1.89. The topological polar surface area (TPSA) is 55.8 Å². The minimum absolute atomic E-state index is 0.132. The maximum atomic E-state index is 13.1. The molecule has 116 valence electrons. The molecule has 1 saturated heterocycles. The van der Waals surface area contributed by atoms with Gasteiger partial charge in [-0.2, -0.15) is 13.2 Å². The zero-order valence-electron chi connectivity index (χ0n) is 11.6. The summed E-state index contributed by atoms with van der Waals surface area (Å²) in [6.45, 7) is 3.41. The summed E-state index contributed by atoms with van der Waals surface area (Å²) < 4.78 is 49.0. The molecule has 1 aliphatic rings. The number of ether oxygens (including phenoxy) is 2. The summed E-state index contributed by atoms with van der Waals surface area (Å²) in [7, 11) is 0. The second kappa shape index (κ2) is 5.59. The van der Waals surface area contributed by atoms with Gasteiger partial charge in [0.15, 0.2) is 5.60 Å². The van der Waals surface area contributed by atoms with Crippen LogP contribution in [0.5, 0.6) is 0 Å². The number of hydrogen-bond donors (Lipinski definition) is 0. The first-order valence-electron chi connectivity index (χ1n) is 6.13. The lowest BCUT2D eigenvalue weighted by atomic mass is 10.0. The molecule has 0 aromatic carbocycles. The van der Waals surface area contributed by atoms with Crippen molar-refractivity contribution in [3.05, 3.63) is 0 Å². The first-order valence-corrected chi connectivity index (χ1v) is 6.13. The van der Waals surface area contributed by atoms with Gasteiger partial charge in [0, 0.05) is 13.0 Å². The Kier molecular flexibility index (Phi) is 4.68. The zero-order chi connectivity index (χ0) is 15.6. The highest BCUT2D eigenvalue weighted by Crippen LogP contribution is 2.41. The van der Waals surface area contributed by atoms with Gasteiger partial charge < -0.3 is 19.2 Å². The van der Waals surface area contributed by atoms with E-state index >= 15 is 0 Å². The monoisotopic (exact) mass is 297 g/mol. The Morgan fingerprint density at radius 3 is 2.40 bits per heavy atom. The van der Waals surface area contributed by atoms with Crippen molar-refractivity contribution in [3.63, 3.8) is 0 Å². The van der Waals surface area contributed by atoms with Crippen molar-refractivity contribution in [1.82, 2.24) is 4.90 Å². The first-order chi connectivity index (χ1) is 9.01. The molecule has 1 rings (SSSR count). The Bertz CT molecular complexity index is 378. The number of aldehydes is 1. The van der Waals surface area contributed by atoms with Gasteiger partial charge in [0.2, 0.25) is 0 Å². The van der Waals surface area contributed by atoms with Crippen molar-refractivity contribution in [1.29, 1.82) is 0 Å². The quantitative estimate of drug-likeness (QED) is 0.749. The van der Waals surface area contributed by atoms with Gasteiger partial charge >= 0.3 is 12.3 Å². The highest BCUT2D eigenvalue weighted by Gasteiger charge is 2.60. The van der Waals surface area contributed by atoms with E-state index in [-0.39, 0.29) is 12.8 Å². The summed E-state index contributed by atoms with van der Waals surface area (Å²) in [6.07, 6.45) is -5.64. The van der Waals surface area contributed by atoms with Crippen LogP contribution in [0.4, 0.5) is 18.0 Å². The van der Waals surface area contributed by atoms with Crippen molar-refractivity contribution < 1.29 is 32.2 Å². The second-order valence-corrected chi connectivity index (χ2v) is 5.62. The number of halogens is 3. The van der Waals surface area contributed by atoms with Crippen LogP contribution in [-0.2, 0) is 14.3 Å². The first kappa shape index (κ1) is 16.7. The van der Waals surface area contributed by atoms with Gasteiger partial charge in [0.25, 0.3) is 0 Å². The van der Waals surface area contributed by atoms with Gasteiger partial charge in [-0.1, -0.05) is 0 Å². The number of hydrogen-bond acceptors (Lipinski definition) is 4. The molecule has 1 amide bonds. The van der Waals surface area contributed by atoms with Gasteiger partial charge in [-0.05, 0) is 20.8 Å². The van der Waals surface area contributed by atoms with E-state index in [1.807, 2.05) is 0 Å². The number of amides is 1. The van der Waals surface area contributed by atoms with Crippen LogP contribution in [0.25, 0.3) is 0 Å². The fraction of sp³-hybridized carbons (Fsp3) is 0.833. The molecule has 0 aliphatic carbocycles. The van der Waals surface area contributed by atoms with Crippen LogP contribution in [0.3, 0.4) is 0 Å². The second-order valence-electron chi connectivity index (χ2n) is 5.62. The Morgan fingerprint density at radius 1 is 1.35 bits per heavy atom. The number of rotatable bonds is 3. The molecule has 0 saturated carbocycles. The normalized spacial score (nSPS) is 23.8. The van der Waals surface area contributed by atoms with Gasteiger partial charge in [-0.3, -0.25) is 0 Å². The summed E-state index contributed by atoms with van der Waals surface area (Å²) in [4.78, 5) is 22.9. The lowest BCUT2D eigenvalue weighted by Gasteiger charge is -2.31. The van der Waals surface area contributed by atoms with E-state index in [0.29, 0.717) is 0 Å². The minimum atomic E-state index is -4.66. The molecule has 0 aromatic rings. The van der Waals surface area contributed by atoms with E-state index < -0.39 is 43.0 Å². The Labute approximate surface area is 115 Å². The molecule has 1 fully saturated rings. The third-order valence-corrected chi connectivity index (χ3v) is 2.83. The highest BCUT2D eigenvalue weighted by atomic mass is 19.4. The molecular weight excluding hydrogens is 279 g/mol. The zero-order valence-corrected chi connectivity index (χ0v) is 11.6. The van der Waals surface area contributed by atoms with Crippen LogP contribution in [0.1, 0.15) is 27.2 Å². The third kappa shape index (κ3) is 3.84. The van der Waals surface area contributed by atoms with Crippen LogP contribution in [-0.4, -0.2) is 54.4 Å². The third-order valence-electron chi connectivity index (χ3n) is 2.83. The molecule has 0 N–H and O–H groups in total. The minimum Gasteiger partial charge on any atom is -0.444 e. The SMILES string of the molecule is CC(C)(C)OC(=O)N1CCC(OCC=O)(C(F)(F)F)C1. The Morgan fingerprint density at radius 2 is 1.95 bits per heavy atom. The smallest absolute Gasteiger partial charge is 0.419 e. The predicted octanol–water partition coefficient (Wildman–Crippen LogP) is 2.14. The summed E-state index contributed by atoms with van der Waals surface area (Å²) in [5.74, 6) is 0. The molecule has 0 aromatic heterocycles. The van der Waals surface area contributed by atoms with Crippen molar-refractivity contribution in [2.45, 2.75) is 44.6 Å². The number of likely N-dealkylation sites (tertiary alicyclic amines) is 1. The van der Waals surface area contributed by atoms with E-state index in [1.54, 1.807) is 20.8 Å². The van der Waals surface area contributed by atoms with E-state index in [2.05, 4.69) is 4.74 Å². The standard InChI is InChI=1S/C12H18F3NO4/c1-10(2,3)20-9(18)16-5-4-11(8-16,12(13,14)15)19-7-6-17/h6H,4-5,7-8H2,1-3H3. The molecule has 5 nitrogen and oxygen atoms in total. The maximum absolute atomic E-state index is 13.1.